The first kappa shape index (κ1) is 15.2. The zero-order valence-corrected chi connectivity index (χ0v) is 12.4. The quantitative estimate of drug-likeness (QED) is 0.266. The molecule has 0 fully saturated rings. The highest BCUT2D eigenvalue weighted by atomic mass is 35.6. The van der Waals surface area contributed by atoms with E-state index in [1.165, 1.54) is 19.3 Å². The number of hydrogen-bond acceptors (Lipinski definition) is 1. The zero-order chi connectivity index (χ0) is 11.9. The van der Waals surface area contributed by atoms with Crippen molar-refractivity contribution < 1.29 is 4.74 Å². The van der Waals surface area contributed by atoms with E-state index in [1.807, 2.05) is 6.92 Å². The minimum Gasteiger partial charge on any atom is -0.376 e. The first-order valence-electron chi connectivity index (χ1n) is 5.82. The Morgan fingerprint density at radius 2 is 2.00 bits per heavy atom. The van der Waals surface area contributed by atoms with Crippen molar-refractivity contribution in [2.45, 2.75) is 58.4 Å². The lowest BCUT2D eigenvalue weighted by molar-refractivity contribution is 0.113. The van der Waals surface area contributed by atoms with Crippen LogP contribution in [0.15, 0.2) is 12.2 Å². The van der Waals surface area contributed by atoms with Crippen molar-refractivity contribution in [2.24, 2.45) is 0 Å². The van der Waals surface area contributed by atoms with E-state index in [9.17, 15) is 0 Å². The summed E-state index contributed by atoms with van der Waals surface area (Å²) in [6.07, 6.45) is 4.84. The van der Waals surface area contributed by atoms with E-state index in [2.05, 4.69) is 26.6 Å². The van der Waals surface area contributed by atoms with Gasteiger partial charge in [-0.25, -0.2) is 0 Å². The lowest BCUT2D eigenvalue weighted by Crippen LogP contribution is -2.38. The second kappa shape index (κ2) is 7.48. The summed E-state index contributed by atoms with van der Waals surface area (Å²) in [5, 5.41) is 0. The third-order valence-electron chi connectivity index (χ3n) is 2.37. The molecule has 1 atom stereocenters. The predicted molar refractivity (Wildman–Crippen MR) is 72.0 cm³/mol. The van der Waals surface area contributed by atoms with E-state index in [1.54, 1.807) is 0 Å². The first-order chi connectivity index (χ1) is 6.88. The minimum atomic E-state index is -1.69. The van der Waals surface area contributed by atoms with Crippen LogP contribution in [0, 0.1) is 0 Å². The van der Waals surface area contributed by atoms with Crippen LogP contribution in [-0.4, -0.2) is 19.7 Å². The largest absolute Gasteiger partial charge is 0.376 e. The minimum absolute atomic E-state index is 0.266. The molecule has 90 valence electrons. The molecule has 1 nitrogen and oxygen atoms in total. The summed E-state index contributed by atoms with van der Waals surface area (Å²) in [6, 6.07) is 0. The summed E-state index contributed by atoms with van der Waals surface area (Å²) in [4.78, 5) is 0. The van der Waals surface area contributed by atoms with Crippen molar-refractivity contribution >= 4 is 18.5 Å². The standard InChI is InChI=1S/C12H25ClOSi/c1-6-7-8-9-12(15(4,5)13)14-10-11(2)3/h12H,2,6-10H2,1,3-5H3. The molecule has 0 bridgehead atoms. The normalized spacial score (nSPS) is 13.9. The van der Waals surface area contributed by atoms with Crippen LogP contribution in [0.1, 0.15) is 39.5 Å². The molecular formula is C12H25ClOSi. The summed E-state index contributed by atoms with van der Waals surface area (Å²) < 4.78 is 5.84. The Morgan fingerprint density at radius 3 is 2.40 bits per heavy atom. The second-order valence-electron chi connectivity index (χ2n) is 4.82. The van der Waals surface area contributed by atoms with Crippen LogP contribution in [0.4, 0.5) is 0 Å². The van der Waals surface area contributed by atoms with Gasteiger partial charge < -0.3 is 4.74 Å². The van der Waals surface area contributed by atoms with E-state index in [-0.39, 0.29) is 5.73 Å². The molecule has 0 N–H and O–H groups in total. The maximum absolute atomic E-state index is 6.45. The molecule has 0 aliphatic rings. The summed E-state index contributed by atoms with van der Waals surface area (Å²) in [7, 11) is -1.69. The predicted octanol–water partition coefficient (Wildman–Crippen LogP) is 4.51. The van der Waals surface area contributed by atoms with Crippen molar-refractivity contribution in [1.29, 1.82) is 0 Å². The molecule has 0 saturated heterocycles. The first-order valence-corrected chi connectivity index (χ1v) is 9.91. The van der Waals surface area contributed by atoms with Gasteiger partial charge in [0, 0.05) is 0 Å². The molecule has 0 aliphatic carbocycles. The zero-order valence-electron chi connectivity index (χ0n) is 10.6. The molecule has 0 aromatic rings. The molecule has 0 radical (unpaired) electrons. The van der Waals surface area contributed by atoms with E-state index >= 15 is 0 Å². The molecule has 0 aromatic carbocycles. The number of rotatable bonds is 8. The average molecular weight is 249 g/mol. The number of unbranched alkanes of at least 4 members (excludes halogenated alkanes) is 2. The summed E-state index contributed by atoms with van der Waals surface area (Å²) >= 11 is 6.45. The van der Waals surface area contributed by atoms with Crippen molar-refractivity contribution in [3.05, 3.63) is 12.2 Å². The maximum Gasteiger partial charge on any atom is 0.180 e. The van der Waals surface area contributed by atoms with Crippen LogP contribution in [0.2, 0.25) is 13.1 Å². The molecule has 1 unspecified atom stereocenters. The van der Waals surface area contributed by atoms with Crippen molar-refractivity contribution in [3.63, 3.8) is 0 Å². The SMILES string of the molecule is C=C(C)COC(CCCCC)[Si](C)(C)Cl. The van der Waals surface area contributed by atoms with Crippen LogP contribution < -0.4 is 0 Å². The Hall–Kier alpha value is 0.207. The number of hydrogen-bond donors (Lipinski definition) is 0. The van der Waals surface area contributed by atoms with Crippen LogP contribution in [0.25, 0.3) is 0 Å². The van der Waals surface area contributed by atoms with Crippen LogP contribution in [0.5, 0.6) is 0 Å². The van der Waals surface area contributed by atoms with Crippen molar-refractivity contribution in [3.8, 4) is 0 Å². The summed E-state index contributed by atoms with van der Waals surface area (Å²) in [5.41, 5.74) is 1.34. The Balaban J connectivity index is 4.02. The van der Waals surface area contributed by atoms with E-state index < -0.39 is 7.38 Å². The molecule has 0 rings (SSSR count). The molecule has 0 aromatic heterocycles. The molecule has 3 heteroatoms. The molecular weight excluding hydrogens is 224 g/mol. The van der Waals surface area contributed by atoms with Gasteiger partial charge >= 0.3 is 0 Å². The van der Waals surface area contributed by atoms with E-state index in [0.29, 0.717) is 6.61 Å². The fourth-order valence-electron chi connectivity index (χ4n) is 1.45. The van der Waals surface area contributed by atoms with Gasteiger partial charge in [-0.1, -0.05) is 51.4 Å². The Kier molecular flexibility index (Phi) is 7.58. The van der Waals surface area contributed by atoms with E-state index in [4.69, 9.17) is 15.8 Å². The topological polar surface area (TPSA) is 9.23 Å². The van der Waals surface area contributed by atoms with Gasteiger partial charge in [-0.3, -0.25) is 0 Å². The van der Waals surface area contributed by atoms with Gasteiger partial charge in [-0.2, -0.15) is 11.1 Å². The van der Waals surface area contributed by atoms with Gasteiger partial charge in [0.2, 0.25) is 0 Å². The van der Waals surface area contributed by atoms with Gasteiger partial charge in [0.05, 0.1) is 12.3 Å². The van der Waals surface area contributed by atoms with Gasteiger partial charge in [-0.05, 0) is 13.3 Å². The average Bonchev–Trinajstić information content (AvgIpc) is 2.08. The monoisotopic (exact) mass is 248 g/mol. The molecule has 0 amide bonds. The lowest BCUT2D eigenvalue weighted by Gasteiger charge is -2.26. The molecule has 0 aliphatic heterocycles. The highest BCUT2D eigenvalue weighted by Crippen LogP contribution is 2.22. The van der Waals surface area contributed by atoms with Crippen molar-refractivity contribution in [2.75, 3.05) is 6.61 Å². The summed E-state index contributed by atoms with van der Waals surface area (Å²) in [6.45, 7) is 13.0. The Morgan fingerprint density at radius 1 is 1.40 bits per heavy atom. The molecule has 0 spiro atoms. The lowest BCUT2D eigenvalue weighted by atomic mass is 10.2. The number of ether oxygens (including phenoxy) is 1. The van der Waals surface area contributed by atoms with E-state index in [0.717, 1.165) is 12.0 Å². The highest BCUT2D eigenvalue weighted by molar-refractivity contribution is 7.19. The Labute approximate surface area is 101 Å². The fraction of sp³-hybridized carbons (Fsp3) is 0.833. The van der Waals surface area contributed by atoms with Gasteiger partial charge in [0.1, 0.15) is 0 Å². The third kappa shape index (κ3) is 8.06. The molecule has 0 heterocycles. The van der Waals surface area contributed by atoms with Crippen molar-refractivity contribution in [1.82, 2.24) is 0 Å². The maximum atomic E-state index is 6.45. The van der Waals surface area contributed by atoms with Crippen LogP contribution in [0.3, 0.4) is 0 Å². The summed E-state index contributed by atoms with van der Waals surface area (Å²) in [5.74, 6) is 0. The molecule has 15 heavy (non-hydrogen) atoms. The Bertz CT molecular complexity index is 187. The van der Waals surface area contributed by atoms with Gasteiger partial charge in [0.15, 0.2) is 7.38 Å². The van der Waals surface area contributed by atoms with Gasteiger partial charge in [0.25, 0.3) is 0 Å². The molecule has 0 saturated carbocycles. The van der Waals surface area contributed by atoms with Gasteiger partial charge in [-0.15, -0.1) is 0 Å². The highest BCUT2D eigenvalue weighted by Gasteiger charge is 2.30. The second-order valence-corrected chi connectivity index (χ2v) is 11.5. The number of halogens is 1. The van der Waals surface area contributed by atoms with Crippen LogP contribution in [-0.2, 0) is 4.74 Å². The third-order valence-corrected chi connectivity index (χ3v) is 5.08. The smallest absolute Gasteiger partial charge is 0.180 e. The fourth-order valence-corrected chi connectivity index (χ4v) is 3.33. The van der Waals surface area contributed by atoms with Crippen LogP contribution >= 0.6 is 11.1 Å².